The fourth-order valence-electron chi connectivity index (χ4n) is 2.74. The molecule has 0 fully saturated rings. The highest BCUT2D eigenvalue weighted by Crippen LogP contribution is 2.26. The molecule has 2 N–H and O–H groups in total. The van der Waals surface area contributed by atoms with Gasteiger partial charge in [-0.15, -0.1) is 11.3 Å². The van der Waals surface area contributed by atoms with Crippen LogP contribution in [0.4, 0.5) is 0 Å². The lowest BCUT2D eigenvalue weighted by molar-refractivity contribution is 0.0453. The van der Waals surface area contributed by atoms with Crippen LogP contribution in [-0.4, -0.2) is 39.4 Å². The van der Waals surface area contributed by atoms with E-state index in [1.165, 1.54) is 10.4 Å². The molecule has 0 spiro atoms. The van der Waals surface area contributed by atoms with Gasteiger partial charge in [-0.1, -0.05) is 44.2 Å². The van der Waals surface area contributed by atoms with E-state index >= 15 is 0 Å². The highest BCUT2D eigenvalue weighted by Gasteiger charge is 2.21. The smallest absolute Gasteiger partial charge is 0.191 e. The molecule has 0 atom stereocenters. The molecule has 5 nitrogen and oxygen atoms in total. The van der Waals surface area contributed by atoms with Gasteiger partial charge in [-0.25, -0.2) is 0 Å². The van der Waals surface area contributed by atoms with Gasteiger partial charge in [-0.3, -0.25) is 4.99 Å². The first-order chi connectivity index (χ1) is 13.5. The standard InChI is InChI=1S/C22H33N3O2S/c1-5-26-11-12-27-16-19-9-6-8-18(14-19)15-24-21(23-4)25-17-22(2,3)20-10-7-13-28-20/h6-10,13-14H,5,11-12,15-17H2,1-4H3,(H2,23,24,25). The molecule has 28 heavy (non-hydrogen) atoms. The van der Waals surface area contributed by atoms with E-state index < -0.39 is 0 Å². The number of nitrogens with one attached hydrogen (secondary N) is 2. The summed E-state index contributed by atoms with van der Waals surface area (Å²) in [6.45, 7) is 10.6. The molecule has 0 radical (unpaired) electrons. The zero-order chi connectivity index (χ0) is 20.2. The molecular formula is C22H33N3O2S. The van der Waals surface area contributed by atoms with E-state index in [2.05, 4.69) is 71.3 Å². The number of aliphatic imine (C=N–C) groups is 1. The number of nitrogens with zero attached hydrogens (tertiary/aromatic N) is 1. The zero-order valence-electron chi connectivity index (χ0n) is 17.5. The van der Waals surface area contributed by atoms with Crippen molar-refractivity contribution in [1.29, 1.82) is 0 Å². The van der Waals surface area contributed by atoms with Crippen molar-refractivity contribution in [3.8, 4) is 0 Å². The molecule has 0 aliphatic heterocycles. The number of rotatable bonds is 11. The van der Waals surface area contributed by atoms with Gasteiger partial charge in [0.2, 0.25) is 0 Å². The topological polar surface area (TPSA) is 54.9 Å². The Labute approximate surface area is 173 Å². The van der Waals surface area contributed by atoms with Gasteiger partial charge < -0.3 is 20.1 Å². The van der Waals surface area contributed by atoms with Crippen LogP contribution >= 0.6 is 11.3 Å². The lowest BCUT2D eigenvalue weighted by Gasteiger charge is -2.25. The summed E-state index contributed by atoms with van der Waals surface area (Å²) in [6.07, 6.45) is 0. The Balaban J connectivity index is 1.79. The molecule has 0 saturated heterocycles. The third-order valence-corrected chi connectivity index (χ3v) is 5.64. The highest BCUT2D eigenvalue weighted by molar-refractivity contribution is 7.10. The summed E-state index contributed by atoms with van der Waals surface area (Å²) in [7, 11) is 1.80. The number of thiophene rings is 1. The van der Waals surface area contributed by atoms with Gasteiger partial charge >= 0.3 is 0 Å². The summed E-state index contributed by atoms with van der Waals surface area (Å²) in [5.74, 6) is 0.808. The normalized spacial score (nSPS) is 12.2. The summed E-state index contributed by atoms with van der Waals surface area (Å²) in [5, 5.41) is 8.96. The molecule has 1 aromatic heterocycles. The highest BCUT2D eigenvalue weighted by atomic mass is 32.1. The molecule has 0 saturated carbocycles. The Morgan fingerprint density at radius 1 is 1.07 bits per heavy atom. The predicted molar refractivity (Wildman–Crippen MR) is 118 cm³/mol. The second-order valence-electron chi connectivity index (χ2n) is 7.21. The molecule has 0 aliphatic carbocycles. The van der Waals surface area contributed by atoms with E-state index in [1.807, 2.05) is 6.92 Å². The van der Waals surface area contributed by atoms with E-state index in [9.17, 15) is 0 Å². The number of hydrogen-bond donors (Lipinski definition) is 2. The van der Waals surface area contributed by atoms with Crippen molar-refractivity contribution >= 4 is 17.3 Å². The van der Waals surface area contributed by atoms with E-state index in [1.54, 1.807) is 18.4 Å². The van der Waals surface area contributed by atoms with Crippen LogP contribution in [0.15, 0.2) is 46.8 Å². The fourth-order valence-corrected chi connectivity index (χ4v) is 3.60. The molecule has 1 aromatic carbocycles. The van der Waals surface area contributed by atoms with Gasteiger partial charge in [0.05, 0.1) is 19.8 Å². The Morgan fingerprint density at radius 2 is 1.86 bits per heavy atom. The maximum atomic E-state index is 5.65. The van der Waals surface area contributed by atoms with Crippen molar-refractivity contribution in [3.63, 3.8) is 0 Å². The predicted octanol–water partition coefficient (Wildman–Crippen LogP) is 3.94. The quantitative estimate of drug-likeness (QED) is 0.339. The molecule has 0 amide bonds. The van der Waals surface area contributed by atoms with Crippen LogP contribution in [0.1, 0.15) is 36.8 Å². The Hall–Kier alpha value is -1.89. The average molecular weight is 404 g/mol. The second kappa shape index (κ2) is 11.8. The molecule has 154 valence electrons. The van der Waals surface area contributed by atoms with Crippen LogP contribution < -0.4 is 10.6 Å². The van der Waals surface area contributed by atoms with E-state index in [-0.39, 0.29) is 5.41 Å². The van der Waals surface area contributed by atoms with Gasteiger partial charge in [0.15, 0.2) is 5.96 Å². The molecule has 0 aliphatic rings. The Kier molecular flexibility index (Phi) is 9.47. The van der Waals surface area contributed by atoms with Crippen molar-refractivity contribution in [2.24, 2.45) is 4.99 Å². The molecule has 0 bridgehead atoms. The van der Waals surface area contributed by atoms with Crippen molar-refractivity contribution in [1.82, 2.24) is 10.6 Å². The number of ether oxygens (including phenoxy) is 2. The SMILES string of the molecule is CCOCCOCc1cccc(CNC(=NC)NCC(C)(C)c2cccs2)c1. The maximum absolute atomic E-state index is 5.65. The molecule has 2 aromatic rings. The first-order valence-electron chi connectivity index (χ1n) is 9.77. The number of hydrogen-bond acceptors (Lipinski definition) is 4. The number of guanidine groups is 1. The van der Waals surface area contributed by atoms with Crippen LogP contribution in [0.25, 0.3) is 0 Å². The molecular weight excluding hydrogens is 370 g/mol. The second-order valence-corrected chi connectivity index (χ2v) is 8.16. The first-order valence-corrected chi connectivity index (χ1v) is 10.6. The summed E-state index contributed by atoms with van der Waals surface area (Å²) >= 11 is 1.79. The fraction of sp³-hybridized carbons (Fsp3) is 0.500. The van der Waals surface area contributed by atoms with Gasteiger partial charge in [-0.05, 0) is 29.5 Å². The zero-order valence-corrected chi connectivity index (χ0v) is 18.3. The lowest BCUT2D eigenvalue weighted by atomic mass is 9.91. The first kappa shape index (κ1) is 22.4. The average Bonchev–Trinajstić information content (AvgIpc) is 3.24. The van der Waals surface area contributed by atoms with Crippen molar-refractivity contribution in [2.75, 3.05) is 33.4 Å². The van der Waals surface area contributed by atoms with Crippen molar-refractivity contribution in [3.05, 3.63) is 57.8 Å². The number of benzene rings is 1. The van der Waals surface area contributed by atoms with Crippen molar-refractivity contribution in [2.45, 2.75) is 39.3 Å². The van der Waals surface area contributed by atoms with E-state index in [0.29, 0.717) is 26.4 Å². The molecule has 0 unspecified atom stereocenters. The summed E-state index contributed by atoms with van der Waals surface area (Å²) in [5.41, 5.74) is 2.42. The minimum atomic E-state index is 0.0601. The van der Waals surface area contributed by atoms with Crippen molar-refractivity contribution < 1.29 is 9.47 Å². The van der Waals surface area contributed by atoms with Crippen LogP contribution in [0, 0.1) is 0 Å². The van der Waals surface area contributed by atoms with Crippen LogP contribution in [0.5, 0.6) is 0 Å². The largest absolute Gasteiger partial charge is 0.379 e. The summed E-state index contributed by atoms with van der Waals surface area (Å²) < 4.78 is 10.9. The van der Waals surface area contributed by atoms with E-state index in [4.69, 9.17) is 9.47 Å². The molecule has 1 heterocycles. The third-order valence-electron chi connectivity index (χ3n) is 4.41. The van der Waals surface area contributed by atoms with Crippen LogP contribution in [0.3, 0.4) is 0 Å². The summed E-state index contributed by atoms with van der Waals surface area (Å²) in [4.78, 5) is 5.72. The minimum absolute atomic E-state index is 0.0601. The monoisotopic (exact) mass is 403 g/mol. The summed E-state index contributed by atoms with van der Waals surface area (Å²) in [6, 6.07) is 12.7. The Morgan fingerprint density at radius 3 is 2.57 bits per heavy atom. The van der Waals surface area contributed by atoms with Crippen LogP contribution in [0.2, 0.25) is 0 Å². The minimum Gasteiger partial charge on any atom is -0.379 e. The van der Waals surface area contributed by atoms with E-state index in [0.717, 1.165) is 24.7 Å². The maximum Gasteiger partial charge on any atom is 0.191 e. The van der Waals surface area contributed by atoms with Gasteiger partial charge in [0.1, 0.15) is 0 Å². The third kappa shape index (κ3) is 7.62. The Bertz CT molecular complexity index is 714. The lowest BCUT2D eigenvalue weighted by Crippen LogP contribution is -2.42. The van der Waals surface area contributed by atoms with Gasteiger partial charge in [-0.2, -0.15) is 0 Å². The van der Waals surface area contributed by atoms with Crippen LogP contribution in [-0.2, 0) is 28.0 Å². The molecule has 2 rings (SSSR count). The van der Waals surface area contributed by atoms with Gasteiger partial charge in [0, 0.05) is 37.0 Å². The molecule has 6 heteroatoms. The van der Waals surface area contributed by atoms with Gasteiger partial charge in [0.25, 0.3) is 0 Å².